The van der Waals surface area contributed by atoms with Crippen molar-refractivity contribution in [3.63, 3.8) is 0 Å². The van der Waals surface area contributed by atoms with Crippen LogP contribution in [0.25, 0.3) is 0 Å². The third-order valence-electron chi connectivity index (χ3n) is 3.21. The van der Waals surface area contributed by atoms with Gasteiger partial charge in [0.2, 0.25) is 0 Å². The Morgan fingerprint density at radius 3 is 2.81 bits per heavy atom. The molecule has 0 aliphatic carbocycles. The van der Waals surface area contributed by atoms with Crippen molar-refractivity contribution < 1.29 is 9.15 Å². The SMILES string of the molecule is CC(NC(C)C1CCOC1)c1ccc(Br)o1. The molecular formula is C12H18BrNO2. The van der Waals surface area contributed by atoms with E-state index >= 15 is 0 Å². The number of halogens is 1. The molecule has 0 amide bonds. The number of furan rings is 1. The summed E-state index contributed by atoms with van der Waals surface area (Å²) in [6, 6.07) is 4.62. The van der Waals surface area contributed by atoms with Crippen molar-refractivity contribution in [2.45, 2.75) is 32.4 Å². The highest BCUT2D eigenvalue weighted by molar-refractivity contribution is 9.10. The van der Waals surface area contributed by atoms with Crippen LogP contribution in [0.15, 0.2) is 21.2 Å². The molecule has 1 N–H and O–H groups in total. The third-order valence-corrected chi connectivity index (χ3v) is 3.63. The molecule has 0 bridgehead atoms. The molecule has 1 aliphatic rings. The number of ether oxygens (including phenoxy) is 1. The van der Waals surface area contributed by atoms with Gasteiger partial charge in [-0.3, -0.25) is 0 Å². The summed E-state index contributed by atoms with van der Waals surface area (Å²) in [6.45, 7) is 6.12. The molecule has 0 spiro atoms. The molecule has 3 unspecified atom stereocenters. The van der Waals surface area contributed by atoms with Crippen molar-refractivity contribution in [3.8, 4) is 0 Å². The molecule has 90 valence electrons. The molecule has 2 heterocycles. The van der Waals surface area contributed by atoms with Crippen molar-refractivity contribution in [1.82, 2.24) is 5.32 Å². The monoisotopic (exact) mass is 287 g/mol. The number of rotatable bonds is 4. The molecule has 1 aliphatic heterocycles. The highest BCUT2D eigenvalue weighted by Crippen LogP contribution is 2.23. The van der Waals surface area contributed by atoms with Crippen molar-refractivity contribution in [2.75, 3.05) is 13.2 Å². The van der Waals surface area contributed by atoms with Crippen LogP contribution in [0.5, 0.6) is 0 Å². The average molecular weight is 288 g/mol. The second-order valence-corrected chi connectivity index (χ2v) is 5.22. The molecule has 1 fully saturated rings. The Balaban J connectivity index is 1.88. The average Bonchev–Trinajstić information content (AvgIpc) is 2.87. The molecule has 2 rings (SSSR count). The van der Waals surface area contributed by atoms with Gasteiger partial charge in [-0.2, -0.15) is 0 Å². The third kappa shape index (κ3) is 2.87. The van der Waals surface area contributed by atoms with E-state index in [1.807, 2.05) is 12.1 Å². The molecule has 3 nitrogen and oxygen atoms in total. The Kier molecular flexibility index (Phi) is 4.05. The van der Waals surface area contributed by atoms with E-state index in [0.29, 0.717) is 12.0 Å². The van der Waals surface area contributed by atoms with Crippen molar-refractivity contribution in [1.29, 1.82) is 0 Å². The molecule has 4 heteroatoms. The normalized spacial score (nSPS) is 24.6. The van der Waals surface area contributed by atoms with Gasteiger partial charge < -0.3 is 14.5 Å². The van der Waals surface area contributed by atoms with Gasteiger partial charge in [-0.15, -0.1) is 0 Å². The van der Waals surface area contributed by atoms with Crippen LogP contribution in [0.1, 0.15) is 32.1 Å². The van der Waals surface area contributed by atoms with Gasteiger partial charge in [0, 0.05) is 12.6 Å². The Hall–Kier alpha value is -0.320. The van der Waals surface area contributed by atoms with Crippen LogP contribution in [0.3, 0.4) is 0 Å². The summed E-state index contributed by atoms with van der Waals surface area (Å²) in [6.07, 6.45) is 1.16. The molecule has 16 heavy (non-hydrogen) atoms. The maximum absolute atomic E-state index is 5.53. The summed E-state index contributed by atoms with van der Waals surface area (Å²) >= 11 is 3.32. The van der Waals surface area contributed by atoms with Gasteiger partial charge in [0.1, 0.15) is 5.76 Å². The summed E-state index contributed by atoms with van der Waals surface area (Å²) in [5.41, 5.74) is 0. The highest BCUT2D eigenvalue weighted by Gasteiger charge is 2.24. The van der Waals surface area contributed by atoms with E-state index in [1.165, 1.54) is 0 Å². The van der Waals surface area contributed by atoms with Crippen LogP contribution in [-0.2, 0) is 4.74 Å². The lowest BCUT2D eigenvalue weighted by Crippen LogP contribution is -2.35. The zero-order valence-electron chi connectivity index (χ0n) is 9.70. The van der Waals surface area contributed by atoms with E-state index in [4.69, 9.17) is 9.15 Å². The molecule has 3 atom stereocenters. The van der Waals surface area contributed by atoms with Gasteiger partial charge in [-0.05, 0) is 54.2 Å². The number of hydrogen-bond acceptors (Lipinski definition) is 3. The van der Waals surface area contributed by atoms with Crippen LogP contribution in [0.4, 0.5) is 0 Å². The van der Waals surface area contributed by atoms with E-state index in [2.05, 4.69) is 35.1 Å². The van der Waals surface area contributed by atoms with Crippen LogP contribution in [-0.4, -0.2) is 19.3 Å². The summed E-state index contributed by atoms with van der Waals surface area (Å²) < 4.78 is 11.7. The molecule has 0 radical (unpaired) electrons. The molecule has 1 saturated heterocycles. The predicted octanol–water partition coefficient (Wildman–Crippen LogP) is 3.12. The van der Waals surface area contributed by atoms with E-state index in [0.717, 1.165) is 30.1 Å². The summed E-state index contributed by atoms with van der Waals surface area (Å²) in [4.78, 5) is 0. The van der Waals surface area contributed by atoms with E-state index in [9.17, 15) is 0 Å². The first-order chi connectivity index (χ1) is 7.66. The Labute approximate surface area is 105 Å². The van der Waals surface area contributed by atoms with Crippen molar-refractivity contribution in [3.05, 3.63) is 22.6 Å². The standard InChI is InChI=1S/C12H18BrNO2/c1-8(10-5-6-15-7-10)14-9(2)11-3-4-12(13)16-11/h3-4,8-10,14H,5-7H2,1-2H3. The lowest BCUT2D eigenvalue weighted by molar-refractivity contribution is 0.176. The lowest BCUT2D eigenvalue weighted by Gasteiger charge is -2.22. The Morgan fingerprint density at radius 2 is 2.25 bits per heavy atom. The minimum Gasteiger partial charge on any atom is -0.453 e. The molecule has 0 saturated carbocycles. The van der Waals surface area contributed by atoms with Gasteiger partial charge in [0.15, 0.2) is 4.67 Å². The summed E-state index contributed by atoms with van der Waals surface area (Å²) in [7, 11) is 0. The Morgan fingerprint density at radius 1 is 1.44 bits per heavy atom. The fraction of sp³-hybridized carbons (Fsp3) is 0.667. The minimum atomic E-state index is 0.238. The second kappa shape index (κ2) is 5.34. The highest BCUT2D eigenvalue weighted by atomic mass is 79.9. The van der Waals surface area contributed by atoms with Gasteiger partial charge in [0.05, 0.1) is 12.6 Å². The maximum atomic E-state index is 5.53. The molecule has 0 aromatic carbocycles. The zero-order chi connectivity index (χ0) is 11.5. The second-order valence-electron chi connectivity index (χ2n) is 4.44. The fourth-order valence-corrected chi connectivity index (χ4v) is 2.44. The molecule has 1 aromatic rings. The van der Waals surface area contributed by atoms with E-state index in [-0.39, 0.29) is 6.04 Å². The van der Waals surface area contributed by atoms with E-state index in [1.54, 1.807) is 0 Å². The largest absolute Gasteiger partial charge is 0.453 e. The van der Waals surface area contributed by atoms with Gasteiger partial charge >= 0.3 is 0 Å². The zero-order valence-corrected chi connectivity index (χ0v) is 11.3. The minimum absolute atomic E-state index is 0.238. The van der Waals surface area contributed by atoms with Crippen LogP contribution < -0.4 is 5.32 Å². The summed E-state index contributed by atoms with van der Waals surface area (Å²) in [5, 5.41) is 3.56. The molecule has 1 aromatic heterocycles. The topological polar surface area (TPSA) is 34.4 Å². The first-order valence-corrected chi connectivity index (χ1v) is 6.55. The molecular weight excluding hydrogens is 270 g/mol. The first-order valence-electron chi connectivity index (χ1n) is 5.76. The van der Waals surface area contributed by atoms with Gasteiger partial charge in [0.25, 0.3) is 0 Å². The predicted molar refractivity (Wildman–Crippen MR) is 66.3 cm³/mol. The number of hydrogen-bond donors (Lipinski definition) is 1. The van der Waals surface area contributed by atoms with Gasteiger partial charge in [-0.25, -0.2) is 0 Å². The first kappa shape index (κ1) is 12.1. The fourth-order valence-electron chi connectivity index (χ4n) is 2.12. The summed E-state index contributed by atoms with van der Waals surface area (Å²) in [5.74, 6) is 1.60. The Bertz CT molecular complexity index is 334. The van der Waals surface area contributed by atoms with Crippen LogP contribution in [0.2, 0.25) is 0 Å². The van der Waals surface area contributed by atoms with E-state index < -0.39 is 0 Å². The smallest absolute Gasteiger partial charge is 0.169 e. The number of nitrogens with one attached hydrogen (secondary N) is 1. The van der Waals surface area contributed by atoms with Crippen LogP contribution in [0, 0.1) is 5.92 Å². The lowest BCUT2D eigenvalue weighted by atomic mass is 10.00. The van der Waals surface area contributed by atoms with Gasteiger partial charge in [-0.1, -0.05) is 0 Å². The quantitative estimate of drug-likeness (QED) is 0.924. The van der Waals surface area contributed by atoms with Crippen molar-refractivity contribution in [2.24, 2.45) is 5.92 Å². The van der Waals surface area contributed by atoms with Crippen molar-refractivity contribution >= 4 is 15.9 Å². The maximum Gasteiger partial charge on any atom is 0.169 e. The van der Waals surface area contributed by atoms with Crippen LogP contribution >= 0.6 is 15.9 Å².